The van der Waals surface area contributed by atoms with Crippen LogP contribution < -0.4 is 4.90 Å². The minimum Gasteiger partial charge on any atom is -0.332 e. The van der Waals surface area contributed by atoms with Crippen LogP contribution in [0, 0.1) is 11.3 Å². The van der Waals surface area contributed by atoms with Crippen LogP contribution in [0.4, 0.5) is 5.69 Å². The molecule has 34 heavy (non-hydrogen) atoms. The van der Waals surface area contributed by atoms with E-state index in [-0.39, 0.29) is 0 Å². The number of rotatable bonds is 3. The Morgan fingerprint density at radius 3 is 2.62 bits per heavy atom. The first kappa shape index (κ1) is 20.8. The van der Waals surface area contributed by atoms with E-state index in [9.17, 15) is 0 Å². The second-order valence-corrected chi connectivity index (χ2v) is 9.88. The Kier molecular flexibility index (Phi) is 5.41. The number of nitriles is 1. The van der Waals surface area contributed by atoms with E-state index >= 15 is 0 Å². The summed E-state index contributed by atoms with van der Waals surface area (Å²) in [6.07, 6.45) is 15.9. The van der Waals surface area contributed by atoms with Gasteiger partial charge in [0.1, 0.15) is 11.8 Å². The highest BCUT2D eigenvalue weighted by Gasteiger charge is 2.35. The fourth-order valence-electron chi connectivity index (χ4n) is 4.84. The maximum Gasteiger partial charge on any atom is 0.141 e. The number of aromatic nitrogens is 1. The van der Waals surface area contributed by atoms with Crippen LogP contribution in [0.15, 0.2) is 114 Å². The molecule has 0 fully saturated rings. The zero-order chi connectivity index (χ0) is 22.9. The zero-order valence-corrected chi connectivity index (χ0v) is 19.5. The lowest BCUT2D eigenvalue weighted by Crippen LogP contribution is -2.44. The van der Waals surface area contributed by atoms with Gasteiger partial charge in [0.05, 0.1) is 22.7 Å². The SMILES string of the molecule is N#Cc1cccc(-c2ccc(-c3cccc(N4C5=C(CCC=C5)SC5C=CC=CC54)c3)cc2)n1. The number of fused-ring (bicyclic) bond motifs is 1. The second-order valence-electron chi connectivity index (χ2n) is 8.61. The van der Waals surface area contributed by atoms with Crippen LogP contribution in [-0.2, 0) is 0 Å². The van der Waals surface area contributed by atoms with Crippen molar-refractivity contribution in [1.29, 1.82) is 5.26 Å². The van der Waals surface area contributed by atoms with Gasteiger partial charge >= 0.3 is 0 Å². The molecule has 3 nitrogen and oxygen atoms in total. The number of pyridine rings is 1. The molecule has 0 saturated carbocycles. The Morgan fingerprint density at radius 2 is 1.74 bits per heavy atom. The average molecular weight is 458 g/mol. The molecular formula is C30H23N3S. The molecule has 0 spiro atoms. The smallest absolute Gasteiger partial charge is 0.141 e. The topological polar surface area (TPSA) is 39.9 Å². The maximum atomic E-state index is 9.15. The quantitative estimate of drug-likeness (QED) is 0.415. The van der Waals surface area contributed by atoms with E-state index in [4.69, 9.17) is 5.26 Å². The summed E-state index contributed by atoms with van der Waals surface area (Å²) in [4.78, 5) is 8.43. The first-order chi connectivity index (χ1) is 16.8. The van der Waals surface area contributed by atoms with Crippen molar-refractivity contribution in [3.8, 4) is 28.5 Å². The van der Waals surface area contributed by atoms with Gasteiger partial charge in [-0.05, 0) is 54.3 Å². The molecule has 0 amide bonds. The second kappa shape index (κ2) is 8.85. The average Bonchev–Trinajstić information content (AvgIpc) is 2.92. The lowest BCUT2D eigenvalue weighted by atomic mass is 9.98. The molecule has 3 aliphatic rings. The molecule has 2 atom stereocenters. The van der Waals surface area contributed by atoms with E-state index in [0.717, 1.165) is 29.7 Å². The molecular weight excluding hydrogens is 434 g/mol. The van der Waals surface area contributed by atoms with E-state index in [2.05, 4.69) is 101 Å². The van der Waals surface area contributed by atoms with Crippen molar-refractivity contribution in [2.75, 3.05) is 4.90 Å². The number of hydrogen-bond acceptors (Lipinski definition) is 4. The molecule has 0 radical (unpaired) electrons. The summed E-state index contributed by atoms with van der Waals surface area (Å²) in [5, 5.41) is 9.59. The minimum absolute atomic E-state index is 0.313. The summed E-state index contributed by atoms with van der Waals surface area (Å²) < 4.78 is 0. The summed E-state index contributed by atoms with van der Waals surface area (Å²) in [5.74, 6) is 0. The van der Waals surface area contributed by atoms with Gasteiger partial charge in [0, 0.05) is 16.2 Å². The molecule has 0 N–H and O–H groups in total. The molecule has 0 saturated heterocycles. The van der Waals surface area contributed by atoms with Gasteiger partial charge in [0.15, 0.2) is 0 Å². The lowest BCUT2D eigenvalue weighted by Gasteiger charge is -2.43. The fraction of sp³-hybridized carbons (Fsp3) is 0.133. The van der Waals surface area contributed by atoms with E-state index in [1.165, 1.54) is 21.9 Å². The number of thioether (sulfide) groups is 1. The molecule has 4 heteroatoms. The molecule has 6 rings (SSSR count). The van der Waals surface area contributed by atoms with E-state index in [0.29, 0.717) is 17.0 Å². The highest BCUT2D eigenvalue weighted by atomic mass is 32.2. The van der Waals surface area contributed by atoms with Crippen molar-refractivity contribution in [1.82, 2.24) is 4.98 Å². The Morgan fingerprint density at radius 1 is 0.912 bits per heavy atom. The van der Waals surface area contributed by atoms with Gasteiger partial charge in [0.2, 0.25) is 0 Å². The Labute approximate surface area is 204 Å². The molecule has 3 aromatic rings. The minimum atomic E-state index is 0.313. The van der Waals surface area contributed by atoms with Crippen molar-refractivity contribution in [3.05, 3.63) is 119 Å². The summed E-state index contributed by atoms with van der Waals surface area (Å²) in [6, 6.07) is 25.3. The molecule has 1 aliphatic heterocycles. The number of allylic oxidation sites excluding steroid dienone is 5. The monoisotopic (exact) mass is 457 g/mol. The molecule has 2 unspecified atom stereocenters. The van der Waals surface area contributed by atoms with Crippen molar-refractivity contribution >= 4 is 17.4 Å². The van der Waals surface area contributed by atoms with Crippen LogP contribution in [0.5, 0.6) is 0 Å². The van der Waals surface area contributed by atoms with Crippen LogP contribution >= 0.6 is 11.8 Å². The third-order valence-electron chi connectivity index (χ3n) is 6.49. The van der Waals surface area contributed by atoms with Crippen LogP contribution in [0.25, 0.3) is 22.4 Å². The fourth-order valence-corrected chi connectivity index (χ4v) is 6.22. The summed E-state index contributed by atoms with van der Waals surface area (Å²) in [7, 11) is 0. The van der Waals surface area contributed by atoms with Gasteiger partial charge in [-0.3, -0.25) is 0 Å². The van der Waals surface area contributed by atoms with Crippen molar-refractivity contribution < 1.29 is 0 Å². The summed E-state index contributed by atoms with van der Waals surface area (Å²) in [5.41, 5.74) is 7.18. The molecule has 2 heterocycles. The number of hydrogen-bond donors (Lipinski definition) is 0. The van der Waals surface area contributed by atoms with Gasteiger partial charge in [-0.15, -0.1) is 11.8 Å². The van der Waals surface area contributed by atoms with Crippen molar-refractivity contribution in [3.63, 3.8) is 0 Å². The van der Waals surface area contributed by atoms with Gasteiger partial charge in [-0.2, -0.15) is 5.26 Å². The number of anilines is 1. The predicted octanol–water partition coefficient (Wildman–Crippen LogP) is 7.27. The van der Waals surface area contributed by atoms with Gasteiger partial charge in [0.25, 0.3) is 0 Å². The van der Waals surface area contributed by atoms with Crippen molar-refractivity contribution in [2.24, 2.45) is 0 Å². The summed E-state index contributed by atoms with van der Waals surface area (Å²) >= 11 is 2.02. The van der Waals surface area contributed by atoms with Gasteiger partial charge in [-0.25, -0.2) is 4.98 Å². The largest absolute Gasteiger partial charge is 0.332 e. The van der Waals surface area contributed by atoms with E-state index < -0.39 is 0 Å². The third kappa shape index (κ3) is 3.79. The first-order valence-electron chi connectivity index (χ1n) is 11.6. The number of benzene rings is 2. The standard InChI is InChI=1S/C30H23N3S/c31-20-24-8-6-10-26(32-24)22-17-15-21(16-18-22)23-7-5-9-25(19-23)33-27-11-1-3-13-29(27)34-30-14-4-2-12-28(30)33/h1-3,5-13,15-19,27,29H,4,14H2. The van der Waals surface area contributed by atoms with Crippen LogP contribution in [0.2, 0.25) is 0 Å². The first-order valence-corrected chi connectivity index (χ1v) is 12.5. The van der Waals surface area contributed by atoms with Crippen LogP contribution in [0.1, 0.15) is 18.5 Å². The Hall–Kier alpha value is -3.81. The maximum absolute atomic E-state index is 9.15. The molecule has 164 valence electrons. The number of nitrogens with zero attached hydrogens (tertiary/aromatic N) is 3. The lowest BCUT2D eigenvalue weighted by molar-refractivity contribution is 0.751. The zero-order valence-electron chi connectivity index (χ0n) is 18.6. The van der Waals surface area contributed by atoms with Crippen molar-refractivity contribution in [2.45, 2.75) is 24.1 Å². The normalized spacial score (nSPS) is 20.6. The molecule has 2 aromatic carbocycles. The molecule has 2 aliphatic carbocycles. The van der Waals surface area contributed by atoms with E-state index in [1.54, 1.807) is 6.07 Å². The molecule has 0 bridgehead atoms. The van der Waals surface area contributed by atoms with Crippen LogP contribution in [-0.4, -0.2) is 16.3 Å². The summed E-state index contributed by atoms with van der Waals surface area (Å²) in [6.45, 7) is 0. The van der Waals surface area contributed by atoms with Gasteiger partial charge < -0.3 is 4.90 Å². The van der Waals surface area contributed by atoms with Crippen LogP contribution in [0.3, 0.4) is 0 Å². The highest BCUT2D eigenvalue weighted by Crippen LogP contribution is 2.45. The Bertz CT molecular complexity index is 1410. The predicted molar refractivity (Wildman–Crippen MR) is 141 cm³/mol. The van der Waals surface area contributed by atoms with Gasteiger partial charge in [-0.1, -0.05) is 72.8 Å². The Balaban J connectivity index is 1.35. The van der Waals surface area contributed by atoms with E-state index in [1.807, 2.05) is 23.9 Å². The molecule has 1 aromatic heterocycles. The third-order valence-corrected chi connectivity index (χ3v) is 7.90. The highest BCUT2D eigenvalue weighted by molar-refractivity contribution is 8.04.